The van der Waals surface area contributed by atoms with Crippen molar-refractivity contribution in [1.29, 1.82) is 0 Å². The van der Waals surface area contributed by atoms with Crippen molar-refractivity contribution in [2.75, 3.05) is 16.8 Å². The molecular weight excluding hydrogens is 424 g/mol. The Morgan fingerprint density at radius 1 is 0.853 bits per heavy atom. The number of hydrogen-bond acceptors (Lipinski definition) is 5. The van der Waals surface area contributed by atoms with Crippen LogP contribution in [0.5, 0.6) is 0 Å². The number of anilines is 3. The number of aromatic nitrogens is 2. The first-order chi connectivity index (χ1) is 16.7. The topological polar surface area (TPSA) is 78.1 Å². The highest BCUT2D eigenvalue weighted by molar-refractivity contribution is 6.23. The molecule has 0 radical (unpaired) electrons. The minimum absolute atomic E-state index is 0.0467. The van der Waals surface area contributed by atoms with Gasteiger partial charge in [0.15, 0.2) is 5.78 Å². The van der Waals surface area contributed by atoms with Crippen LogP contribution in [0.3, 0.4) is 0 Å². The molecule has 6 heteroatoms. The molecule has 164 valence electrons. The van der Waals surface area contributed by atoms with Crippen LogP contribution in [0.2, 0.25) is 0 Å². The van der Waals surface area contributed by atoms with Crippen LogP contribution in [0.25, 0.3) is 5.70 Å². The first kappa shape index (κ1) is 19.1. The Kier molecular flexibility index (Phi) is 3.94. The van der Waals surface area contributed by atoms with Crippen LogP contribution in [0.15, 0.2) is 89.2 Å². The summed E-state index contributed by atoms with van der Waals surface area (Å²) in [6.07, 6.45) is 0.897. The van der Waals surface area contributed by atoms with Gasteiger partial charge in [0.05, 0.1) is 11.3 Å². The smallest absolute Gasteiger partial charge is 0.258 e. The molecule has 0 unspecified atom stereocenters. The van der Waals surface area contributed by atoms with E-state index >= 15 is 0 Å². The molecule has 0 fully saturated rings. The maximum absolute atomic E-state index is 13.6. The van der Waals surface area contributed by atoms with E-state index < -0.39 is 5.92 Å². The number of allylic oxidation sites excluding steroid dienone is 1. The molecule has 34 heavy (non-hydrogen) atoms. The predicted octanol–water partition coefficient (Wildman–Crippen LogP) is 4.63. The number of nitrogens with zero attached hydrogens (tertiary/aromatic N) is 2. The molecule has 0 spiro atoms. The van der Waals surface area contributed by atoms with Crippen LogP contribution >= 0.6 is 0 Å². The number of carbonyl (C=O) groups excluding carboxylic acids is 1. The van der Waals surface area contributed by atoms with Crippen molar-refractivity contribution >= 4 is 28.9 Å². The third-order valence-corrected chi connectivity index (χ3v) is 6.99. The van der Waals surface area contributed by atoms with Crippen LogP contribution in [-0.4, -0.2) is 22.3 Å². The summed E-state index contributed by atoms with van der Waals surface area (Å²) in [7, 11) is 0. The molecule has 3 aliphatic rings. The number of hydrogen-bond donors (Lipinski definition) is 2. The molecule has 2 aliphatic heterocycles. The first-order valence-electron chi connectivity index (χ1n) is 11.4. The first-order valence-corrected chi connectivity index (χ1v) is 11.4. The maximum atomic E-state index is 13.6. The van der Waals surface area contributed by atoms with Gasteiger partial charge in [-0.1, -0.05) is 72.8 Å². The molecule has 0 saturated heterocycles. The van der Waals surface area contributed by atoms with Crippen molar-refractivity contribution in [3.63, 3.8) is 0 Å². The van der Waals surface area contributed by atoms with Gasteiger partial charge in [-0.05, 0) is 23.6 Å². The summed E-state index contributed by atoms with van der Waals surface area (Å²) < 4.78 is 0. The van der Waals surface area contributed by atoms with Crippen molar-refractivity contribution in [2.24, 2.45) is 0 Å². The van der Waals surface area contributed by atoms with E-state index in [9.17, 15) is 9.59 Å². The summed E-state index contributed by atoms with van der Waals surface area (Å²) >= 11 is 0. The van der Waals surface area contributed by atoms with Crippen molar-refractivity contribution in [3.05, 3.63) is 123 Å². The standard InChI is InChI=1S/C28H20N4O2/c33-25-19-12-6-5-11-18(19)24-22(25)21(17-9-2-1-3-10-17)23-26(29-24)30-28(31-27(23)34)32-15-14-16-8-4-7-13-20(16)32/h1-13,21H,14-15H2,(H2,29,30,31,34)/t21-/m0/s1. The molecule has 1 aromatic heterocycles. The van der Waals surface area contributed by atoms with Gasteiger partial charge < -0.3 is 10.2 Å². The Morgan fingerprint density at radius 3 is 2.44 bits per heavy atom. The molecule has 4 aromatic rings. The average Bonchev–Trinajstić information content (AvgIpc) is 3.43. The zero-order valence-electron chi connectivity index (χ0n) is 18.2. The van der Waals surface area contributed by atoms with E-state index in [2.05, 4.69) is 22.4 Å². The fourth-order valence-corrected chi connectivity index (χ4v) is 5.47. The molecule has 0 bridgehead atoms. The second-order valence-electron chi connectivity index (χ2n) is 8.81. The lowest BCUT2D eigenvalue weighted by Gasteiger charge is -2.28. The number of aromatic amines is 1. The third kappa shape index (κ3) is 2.59. The second kappa shape index (κ2) is 7.02. The van der Waals surface area contributed by atoms with E-state index in [4.69, 9.17) is 4.98 Å². The average molecular weight is 444 g/mol. The minimum Gasteiger partial charge on any atom is -0.339 e. The zero-order chi connectivity index (χ0) is 22.8. The lowest BCUT2D eigenvalue weighted by atomic mass is 9.82. The second-order valence-corrected chi connectivity index (χ2v) is 8.81. The minimum atomic E-state index is -0.497. The van der Waals surface area contributed by atoms with Crippen molar-refractivity contribution < 1.29 is 4.79 Å². The number of H-pyrrole nitrogens is 1. The van der Waals surface area contributed by atoms with Gasteiger partial charge in [-0.3, -0.25) is 14.6 Å². The van der Waals surface area contributed by atoms with Crippen LogP contribution in [-0.2, 0) is 6.42 Å². The van der Waals surface area contributed by atoms with Gasteiger partial charge in [-0.25, -0.2) is 0 Å². The van der Waals surface area contributed by atoms with Crippen molar-refractivity contribution in [3.8, 4) is 0 Å². The summed E-state index contributed by atoms with van der Waals surface area (Å²) in [5.41, 5.74) is 6.27. The van der Waals surface area contributed by atoms with Gasteiger partial charge in [0.25, 0.3) is 5.56 Å². The lowest BCUT2D eigenvalue weighted by molar-refractivity contribution is 0.103. The summed E-state index contributed by atoms with van der Waals surface area (Å²) in [4.78, 5) is 37.1. The van der Waals surface area contributed by atoms with Gasteiger partial charge >= 0.3 is 0 Å². The van der Waals surface area contributed by atoms with Gasteiger partial charge in [0.2, 0.25) is 5.95 Å². The summed E-state index contributed by atoms with van der Waals surface area (Å²) in [5, 5.41) is 3.37. The molecule has 1 atom stereocenters. The van der Waals surface area contributed by atoms with Crippen LogP contribution in [0.4, 0.5) is 17.5 Å². The summed E-state index contributed by atoms with van der Waals surface area (Å²) in [6.45, 7) is 0.748. The summed E-state index contributed by atoms with van der Waals surface area (Å²) in [6, 6.07) is 25.5. The van der Waals surface area contributed by atoms with Gasteiger partial charge in [0.1, 0.15) is 5.82 Å². The van der Waals surface area contributed by atoms with E-state index in [1.54, 1.807) is 0 Å². The number of carbonyl (C=O) groups is 1. The number of fused-ring (bicyclic) bond motifs is 4. The molecule has 3 aromatic carbocycles. The molecule has 6 nitrogen and oxygen atoms in total. The quantitative estimate of drug-likeness (QED) is 0.471. The van der Waals surface area contributed by atoms with Gasteiger partial charge in [-0.15, -0.1) is 0 Å². The zero-order valence-corrected chi connectivity index (χ0v) is 18.2. The highest BCUT2D eigenvalue weighted by atomic mass is 16.1. The van der Waals surface area contributed by atoms with Crippen LogP contribution in [0, 0.1) is 0 Å². The molecule has 0 saturated carbocycles. The molecule has 1 aliphatic carbocycles. The highest BCUT2D eigenvalue weighted by Gasteiger charge is 2.42. The predicted molar refractivity (Wildman–Crippen MR) is 132 cm³/mol. The van der Waals surface area contributed by atoms with Gasteiger partial charge in [-0.2, -0.15) is 4.98 Å². The van der Waals surface area contributed by atoms with Crippen LogP contribution < -0.4 is 15.8 Å². The SMILES string of the molecule is O=C1C2=C(Nc3nc(N4CCc5ccccc54)[nH]c(=O)c3[C@H]2c2ccccc2)c2ccccc21. The Labute approximate surface area is 195 Å². The molecule has 3 heterocycles. The fourth-order valence-electron chi connectivity index (χ4n) is 5.47. The number of benzene rings is 3. The molecular formula is C28H20N4O2. The van der Waals surface area contributed by atoms with Crippen molar-refractivity contribution in [2.45, 2.75) is 12.3 Å². The van der Waals surface area contributed by atoms with E-state index in [0.29, 0.717) is 28.5 Å². The fraction of sp³-hybridized carbons (Fsp3) is 0.107. The summed E-state index contributed by atoms with van der Waals surface area (Å²) in [5.74, 6) is 0.466. The molecule has 2 N–H and O–H groups in total. The number of nitrogens with one attached hydrogen (secondary N) is 2. The van der Waals surface area contributed by atoms with E-state index in [-0.39, 0.29) is 11.3 Å². The molecule has 7 rings (SSSR count). The third-order valence-electron chi connectivity index (χ3n) is 6.99. The van der Waals surface area contributed by atoms with Crippen LogP contribution in [0.1, 0.15) is 38.5 Å². The molecule has 0 amide bonds. The Morgan fingerprint density at radius 2 is 1.59 bits per heavy atom. The van der Waals surface area contributed by atoms with Crippen molar-refractivity contribution in [1.82, 2.24) is 9.97 Å². The number of para-hydroxylation sites is 1. The maximum Gasteiger partial charge on any atom is 0.258 e. The van der Waals surface area contributed by atoms with Gasteiger partial charge in [0, 0.05) is 34.9 Å². The Hall–Kier alpha value is -4.45. The highest BCUT2D eigenvalue weighted by Crippen LogP contribution is 2.48. The number of ketones is 1. The largest absolute Gasteiger partial charge is 0.339 e. The van der Waals surface area contributed by atoms with E-state index in [1.165, 1.54) is 5.56 Å². The Bertz CT molecular complexity index is 1590. The number of rotatable bonds is 2. The van der Waals surface area contributed by atoms with E-state index in [0.717, 1.165) is 35.5 Å². The number of Topliss-reactive ketones (excluding diaryl/α,β-unsaturated/α-hetero) is 1. The Balaban J connectivity index is 1.44. The monoisotopic (exact) mass is 444 g/mol. The normalized spacial score (nSPS) is 17.7. The lowest BCUT2D eigenvalue weighted by Crippen LogP contribution is -2.30. The van der Waals surface area contributed by atoms with E-state index in [1.807, 2.05) is 71.6 Å².